The first kappa shape index (κ1) is 25.9. The van der Waals surface area contributed by atoms with Gasteiger partial charge >= 0.3 is 0 Å². The van der Waals surface area contributed by atoms with Crippen LogP contribution < -0.4 is 15.5 Å². The number of amides is 1. The van der Waals surface area contributed by atoms with E-state index in [1.54, 1.807) is 26.0 Å². The van der Waals surface area contributed by atoms with Gasteiger partial charge in [-0.3, -0.25) is 9.79 Å². The highest BCUT2D eigenvalue weighted by Gasteiger charge is 2.18. The Kier molecular flexibility index (Phi) is 10.2. The van der Waals surface area contributed by atoms with Gasteiger partial charge in [0.25, 0.3) is 5.91 Å². The van der Waals surface area contributed by atoms with Gasteiger partial charge in [0.15, 0.2) is 5.96 Å². The largest absolute Gasteiger partial charge is 0.375 e. The highest BCUT2D eigenvalue weighted by Crippen LogP contribution is 2.16. The number of pyridine rings is 1. The molecule has 1 unspecified atom stereocenters. The van der Waals surface area contributed by atoms with Gasteiger partial charge in [-0.05, 0) is 42.3 Å². The molecule has 1 aromatic heterocycles. The maximum atomic E-state index is 12.0. The number of hydrogen-bond donors (Lipinski definition) is 2. The molecule has 0 spiro atoms. The van der Waals surface area contributed by atoms with E-state index in [1.165, 1.54) is 0 Å². The fraction of sp³-hybridized carbons (Fsp3) is 0.435. The summed E-state index contributed by atoms with van der Waals surface area (Å²) in [5, 5.41) is 6.66. The lowest BCUT2D eigenvalue weighted by Gasteiger charge is -2.32. The van der Waals surface area contributed by atoms with Gasteiger partial charge in [0.1, 0.15) is 5.82 Å². The van der Waals surface area contributed by atoms with Crippen molar-refractivity contribution in [2.24, 2.45) is 4.99 Å². The number of aliphatic imine (C=N–C) groups is 1. The number of anilines is 1. The maximum Gasteiger partial charge on any atom is 0.253 e. The van der Waals surface area contributed by atoms with Crippen molar-refractivity contribution in [2.75, 3.05) is 45.7 Å². The summed E-state index contributed by atoms with van der Waals surface area (Å²) >= 11 is 0. The highest BCUT2D eigenvalue weighted by atomic mass is 127. The molecule has 1 amide bonds. The molecule has 1 aromatic carbocycles. The molecule has 3 rings (SSSR count). The van der Waals surface area contributed by atoms with E-state index in [0.717, 1.165) is 36.6 Å². The molecule has 2 heterocycles. The van der Waals surface area contributed by atoms with E-state index < -0.39 is 0 Å². The van der Waals surface area contributed by atoms with Crippen LogP contribution in [-0.4, -0.2) is 68.7 Å². The molecular formula is C23H33IN6O2. The zero-order chi connectivity index (χ0) is 22.2. The second-order valence-electron chi connectivity index (χ2n) is 7.83. The summed E-state index contributed by atoms with van der Waals surface area (Å²) in [5.74, 6) is 1.69. The van der Waals surface area contributed by atoms with Gasteiger partial charge < -0.3 is 25.2 Å². The van der Waals surface area contributed by atoms with E-state index >= 15 is 0 Å². The second kappa shape index (κ2) is 12.6. The average Bonchev–Trinajstić information content (AvgIpc) is 2.79. The van der Waals surface area contributed by atoms with Crippen molar-refractivity contribution in [3.8, 4) is 0 Å². The third-order valence-electron chi connectivity index (χ3n) is 5.13. The number of guanidine groups is 1. The summed E-state index contributed by atoms with van der Waals surface area (Å²) in [5.41, 5.74) is 2.89. The Balaban J connectivity index is 0.00000363. The Morgan fingerprint density at radius 1 is 1.19 bits per heavy atom. The fourth-order valence-corrected chi connectivity index (χ4v) is 3.39. The summed E-state index contributed by atoms with van der Waals surface area (Å²) in [7, 11) is 5.25. The van der Waals surface area contributed by atoms with Crippen molar-refractivity contribution in [3.63, 3.8) is 0 Å². The molecule has 1 fully saturated rings. The van der Waals surface area contributed by atoms with Gasteiger partial charge in [-0.15, -0.1) is 24.0 Å². The van der Waals surface area contributed by atoms with Crippen molar-refractivity contribution in [3.05, 3.63) is 59.3 Å². The van der Waals surface area contributed by atoms with Crippen LogP contribution >= 0.6 is 24.0 Å². The molecule has 1 saturated heterocycles. The summed E-state index contributed by atoms with van der Waals surface area (Å²) in [6.45, 7) is 5.78. The van der Waals surface area contributed by atoms with Crippen molar-refractivity contribution >= 4 is 41.7 Å². The fourth-order valence-electron chi connectivity index (χ4n) is 3.39. The minimum Gasteiger partial charge on any atom is -0.375 e. The van der Waals surface area contributed by atoms with Crippen molar-refractivity contribution in [1.29, 1.82) is 0 Å². The average molecular weight is 552 g/mol. The van der Waals surface area contributed by atoms with E-state index in [4.69, 9.17) is 4.74 Å². The zero-order valence-corrected chi connectivity index (χ0v) is 21.5. The number of benzene rings is 1. The van der Waals surface area contributed by atoms with Gasteiger partial charge in [-0.1, -0.05) is 12.1 Å². The number of ether oxygens (including phenoxy) is 1. The lowest BCUT2D eigenvalue weighted by Crippen LogP contribution is -2.41. The third-order valence-corrected chi connectivity index (χ3v) is 5.13. The molecule has 1 aliphatic rings. The van der Waals surface area contributed by atoms with E-state index in [9.17, 15) is 4.79 Å². The normalized spacial score (nSPS) is 16.2. The molecule has 1 aliphatic heterocycles. The van der Waals surface area contributed by atoms with Crippen LogP contribution in [0.3, 0.4) is 0 Å². The molecule has 0 aliphatic carbocycles. The molecular weight excluding hydrogens is 519 g/mol. The van der Waals surface area contributed by atoms with Crippen molar-refractivity contribution < 1.29 is 9.53 Å². The molecule has 0 radical (unpaired) electrons. The standard InChI is InChI=1S/C23H32N6O2.HI/c1-17-16-29(11-12-31-17)21-13-19(9-10-25-21)15-27-23(24-2)26-14-18-5-7-20(8-6-18)22(30)28(3)4;/h5-10,13,17H,11-12,14-16H2,1-4H3,(H2,24,26,27);1H. The number of nitrogens with one attached hydrogen (secondary N) is 2. The number of carbonyl (C=O) groups is 1. The minimum atomic E-state index is 0. The first-order valence-electron chi connectivity index (χ1n) is 10.5. The number of halogens is 1. The number of aromatic nitrogens is 1. The van der Waals surface area contributed by atoms with E-state index in [-0.39, 0.29) is 36.0 Å². The SMILES string of the molecule is CN=C(NCc1ccc(C(=O)N(C)C)cc1)NCc1ccnc(N2CCOC(C)C2)c1.I. The molecule has 1 atom stereocenters. The molecule has 2 aromatic rings. The molecule has 8 nitrogen and oxygen atoms in total. The smallest absolute Gasteiger partial charge is 0.253 e. The molecule has 9 heteroatoms. The van der Waals surface area contributed by atoms with Crippen LogP contribution in [0, 0.1) is 0 Å². The van der Waals surface area contributed by atoms with E-state index in [2.05, 4.69) is 38.5 Å². The number of hydrogen-bond acceptors (Lipinski definition) is 5. The predicted molar refractivity (Wildman–Crippen MR) is 139 cm³/mol. The molecule has 0 saturated carbocycles. The molecule has 32 heavy (non-hydrogen) atoms. The van der Waals surface area contributed by atoms with Crippen LogP contribution in [0.25, 0.3) is 0 Å². The Hall–Kier alpha value is -2.40. The van der Waals surface area contributed by atoms with Gasteiger partial charge in [-0.25, -0.2) is 4.98 Å². The van der Waals surface area contributed by atoms with Crippen LogP contribution in [0.2, 0.25) is 0 Å². The number of rotatable bonds is 6. The first-order chi connectivity index (χ1) is 15.0. The molecule has 174 valence electrons. The Bertz CT molecular complexity index is 904. The van der Waals surface area contributed by atoms with Crippen molar-refractivity contribution in [1.82, 2.24) is 20.5 Å². The van der Waals surface area contributed by atoms with Crippen LogP contribution in [0.5, 0.6) is 0 Å². The van der Waals surface area contributed by atoms with Crippen LogP contribution in [0.4, 0.5) is 5.82 Å². The number of morpholine rings is 1. The number of nitrogens with zero attached hydrogens (tertiary/aromatic N) is 4. The third kappa shape index (κ3) is 7.33. The number of carbonyl (C=O) groups excluding carboxylic acids is 1. The van der Waals surface area contributed by atoms with Crippen LogP contribution in [0.1, 0.15) is 28.4 Å². The van der Waals surface area contributed by atoms with E-state index in [0.29, 0.717) is 24.6 Å². The lowest BCUT2D eigenvalue weighted by atomic mass is 10.1. The Morgan fingerprint density at radius 2 is 1.88 bits per heavy atom. The molecule has 2 N–H and O–H groups in total. The quantitative estimate of drug-likeness (QED) is 0.326. The van der Waals surface area contributed by atoms with Gasteiger partial charge in [0.05, 0.1) is 12.7 Å². The predicted octanol–water partition coefficient (Wildman–Crippen LogP) is 2.49. The van der Waals surface area contributed by atoms with Crippen LogP contribution in [-0.2, 0) is 17.8 Å². The zero-order valence-electron chi connectivity index (χ0n) is 19.2. The Labute approximate surface area is 207 Å². The summed E-state index contributed by atoms with van der Waals surface area (Å²) in [6, 6.07) is 11.7. The first-order valence-corrected chi connectivity index (χ1v) is 10.5. The van der Waals surface area contributed by atoms with Gasteiger partial charge in [-0.2, -0.15) is 0 Å². The van der Waals surface area contributed by atoms with Gasteiger partial charge in [0.2, 0.25) is 0 Å². The van der Waals surface area contributed by atoms with Gasteiger partial charge in [0, 0.05) is 59.1 Å². The topological polar surface area (TPSA) is 82.1 Å². The summed E-state index contributed by atoms with van der Waals surface area (Å²) < 4.78 is 5.62. The summed E-state index contributed by atoms with van der Waals surface area (Å²) in [4.78, 5) is 24.6. The van der Waals surface area contributed by atoms with E-state index in [1.807, 2.05) is 36.5 Å². The lowest BCUT2D eigenvalue weighted by molar-refractivity contribution is 0.0529. The van der Waals surface area contributed by atoms with Crippen molar-refractivity contribution in [2.45, 2.75) is 26.1 Å². The maximum absolute atomic E-state index is 12.0. The van der Waals surface area contributed by atoms with Crippen LogP contribution in [0.15, 0.2) is 47.6 Å². The molecule has 0 bridgehead atoms. The Morgan fingerprint density at radius 3 is 2.50 bits per heavy atom. The minimum absolute atomic E-state index is 0. The summed E-state index contributed by atoms with van der Waals surface area (Å²) in [6.07, 6.45) is 2.06. The highest BCUT2D eigenvalue weighted by molar-refractivity contribution is 14.0. The second-order valence-corrected chi connectivity index (χ2v) is 7.83. The monoisotopic (exact) mass is 552 g/mol.